The molecule has 0 N–H and O–H groups in total. The van der Waals surface area contributed by atoms with Crippen LogP contribution in [-0.2, 0) is 0 Å². The molecule has 1 atom stereocenters. The molecule has 0 amide bonds. The van der Waals surface area contributed by atoms with Crippen molar-refractivity contribution in [1.82, 2.24) is 0 Å². The summed E-state index contributed by atoms with van der Waals surface area (Å²) in [6, 6.07) is 41.0. The van der Waals surface area contributed by atoms with Crippen LogP contribution in [0, 0.1) is 11.3 Å². The number of hydrogen-bond donors (Lipinski definition) is 0. The van der Waals surface area contributed by atoms with E-state index in [-0.39, 0.29) is 5.66 Å². The van der Waals surface area contributed by atoms with Crippen molar-refractivity contribution < 1.29 is 0 Å². The Balaban J connectivity index is 1.84. The molecule has 0 unspecified atom stereocenters. The summed E-state index contributed by atoms with van der Waals surface area (Å²) in [5.74, 6) is 0. The van der Waals surface area contributed by atoms with E-state index < -0.39 is 7.92 Å². The summed E-state index contributed by atoms with van der Waals surface area (Å²) in [5, 5.41) is 12.6. The van der Waals surface area contributed by atoms with Gasteiger partial charge in [-0.1, -0.05) is 109 Å². The van der Waals surface area contributed by atoms with Gasteiger partial charge >= 0.3 is 0 Å². The van der Waals surface area contributed by atoms with Gasteiger partial charge in [-0.2, -0.15) is 5.26 Å². The topological polar surface area (TPSA) is 23.8 Å². The minimum absolute atomic E-state index is 0.166. The Morgan fingerprint density at radius 1 is 0.600 bits per heavy atom. The molecule has 0 fully saturated rings. The van der Waals surface area contributed by atoms with Gasteiger partial charge in [0.05, 0.1) is 11.6 Å². The zero-order chi connectivity index (χ0) is 20.3. The fourth-order valence-corrected chi connectivity index (χ4v) is 7.17. The maximum absolute atomic E-state index is 9.93. The normalized spacial score (nSPS) is 14.8. The lowest BCUT2D eigenvalue weighted by atomic mass is 9.97. The number of hydrogen-bond acceptors (Lipinski definition) is 1. The molecule has 0 heterocycles. The Morgan fingerprint density at radius 2 is 1.13 bits per heavy atom. The fourth-order valence-electron chi connectivity index (χ4n) is 4.27. The summed E-state index contributed by atoms with van der Waals surface area (Å²) in [6.45, 7) is 0. The first kappa shape index (κ1) is 18.6. The van der Waals surface area contributed by atoms with Crippen molar-refractivity contribution in [2.24, 2.45) is 0 Å². The van der Waals surface area contributed by atoms with E-state index in [9.17, 15) is 5.26 Å². The second kappa shape index (κ2) is 8.11. The van der Waals surface area contributed by atoms with Gasteiger partial charge in [0.15, 0.2) is 0 Å². The number of benzene rings is 4. The molecule has 0 saturated heterocycles. The molecule has 0 radical (unpaired) electrons. The molecule has 1 aliphatic rings. The van der Waals surface area contributed by atoms with Gasteiger partial charge in [-0.25, -0.2) is 0 Å². The Hall–Kier alpha value is -3.46. The minimum Gasteiger partial charge on any atom is -0.192 e. The molecule has 0 spiro atoms. The lowest BCUT2D eigenvalue weighted by molar-refractivity contribution is 1.14. The average Bonchev–Trinajstić information content (AvgIpc) is 2.96. The monoisotopic (exact) mass is 401 g/mol. The highest BCUT2D eigenvalue weighted by molar-refractivity contribution is 7.73. The second-order valence-corrected chi connectivity index (χ2v) is 9.62. The van der Waals surface area contributed by atoms with E-state index in [0.29, 0.717) is 0 Å². The van der Waals surface area contributed by atoms with Crippen LogP contribution in [0.4, 0.5) is 0 Å². The lowest BCUT2D eigenvalue weighted by Crippen LogP contribution is -2.18. The lowest BCUT2D eigenvalue weighted by Gasteiger charge is -2.31. The molecule has 0 aromatic heterocycles. The standard InChI is InChI=1S/C28H20NP/c29-20-22-19-21-11-7-8-17-26(21)28(27-18-10-9-16-25(22)27)30(23-12-3-1-4-13-23)24-14-5-2-6-15-24/h1-19,28H/t28-/m0/s1. The van der Waals surface area contributed by atoms with Gasteiger partial charge in [-0.15, -0.1) is 0 Å². The van der Waals surface area contributed by atoms with Crippen LogP contribution in [0.2, 0.25) is 0 Å². The van der Waals surface area contributed by atoms with Gasteiger partial charge in [-0.05, 0) is 46.9 Å². The van der Waals surface area contributed by atoms with Crippen molar-refractivity contribution >= 4 is 30.2 Å². The van der Waals surface area contributed by atoms with Crippen LogP contribution in [0.5, 0.6) is 0 Å². The highest BCUT2D eigenvalue weighted by Gasteiger charge is 2.32. The largest absolute Gasteiger partial charge is 0.192 e. The van der Waals surface area contributed by atoms with Gasteiger partial charge in [0.1, 0.15) is 0 Å². The Bertz CT molecular complexity index is 1210. The molecule has 1 aliphatic carbocycles. The van der Waals surface area contributed by atoms with Crippen molar-refractivity contribution in [3.8, 4) is 6.07 Å². The summed E-state index contributed by atoms with van der Waals surface area (Å²) in [6.07, 6.45) is 2.05. The predicted molar refractivity (Wildman–Crippen MR) is 127 cm³/mol. The number of nitrogens with zero attached hydrogens (tertiary/aromatic N) is 1. The van der Waals surface area contributed by atoms with Crippen molar-refractivity contribution in [3.05, 3.63) is 131 Å². The third-order valence-electron chi connectivity index (χ3n) is 5.58. The Morgan fingerprint density at radius 3 is 1.77 bits per heavy atom. The van der Waals surface area contributed by atoms with Gasteiger partial charge in [0.2, 0.25) is 0 Å². The van der Waals surface area contributed by atoms with E-state index in [4.69, 9.17) is 0 Å². The Labute approximate surface area is 178 Å². The van der Waals surface area contributed by atoms with E-state index in [2.05, 4.69) is 115 Å². The SMILES string of the molecule is N#CC1=Cc2ccccc2[C@H](P(c2ccccc2)c2ccccc2)c2ccccc21. The van der Waals surface area contributed by atoms with Gasteiger partial charge in [-0.3, -0.25) is 0 Å². The van der Waals surface area contributed by atoms with Gasteiger partial charge in [0.25, 0.3) is 0 Å². The maximum Gasteiger partial charge on any atom is 0.0998 e. The molecule has 2 heteroatoms. The van der Waals surface area contributed by atoms with Crippen LogP contribution < -0.4 is 10.6 Å². The summed E-state index contributed by atoms with van der Waals surface area (Å²) in [4.78, 5) is 0. The van der Waals surface area contributed by atoms with E-state index in [1.165, 1.54) is 21.7 Å². The molecule has 30 heavy (non-hydrogen) atoms. The van der Waals surface area contributed by atoms with Crippen LogP contribution in [0.3, 0.4) is 0 Å². The van der Waals surface area contributed by atoms with Crippen molar-refractivity contribution in [1.29, 1.82) is 5.26 Å². The van der Waals surface area contributed by atoms with Crippen molar-refractivity contribution in [3.63, 3.8) is 0 Å². The highest BCUT2D eigenvalue weighted by Crippen LogP contribution is 2.56. The first-order valence-corrected chi connectivity index (χ1v) is 11.5. The smallest absolute Gasteiger partial charge is 0.0998 e. The maximum atomic E-state index is 9.93. The zero-order valence-corrected chi connectivity index (χ0v) is 17.3. The van der Waals surface area contributed by atoms with Crippen LogP contribution >= 0.6 is 7.92 Å². The number of nitriles is 1. The molecule has 5 rings (SSSR count). The number of fused-ring (bicyclic) bond motifs is 2. The molecule has 0 aliphatic heterocycles. The van der Waals surface area contributed by atoms with E-state index >= 15 is 0 Å². The van der Waals surface area contributed by atoms with Crippen molar-refractivity contribution in [2.75, 3.05) is 0 Å². The highest BCUT2D eigenvalue weighted by atomic mass is 31.1. The van der Waals surface area contributed by atoms with E-state index in [0.717, 1.165) is 16.7 Å². The third kappa shape index (κ3) is 3.26. The number of rotatable bonds is 3. The molecular weight excluding hydrogens is 381 g/mol. The molecular formula is C28H20NP. The first-order valence-electron chi connectivity index (χ1n) is 10.1. The minimum atomic E-state index is -0.726. The number of allylic oxidation sites excluding steroid dienone is 1. The summed E-state index contributed by atoms with van der Waals surface area (Å²) >= 11 is 0. The fraction of sp³-hybridized carbons (Fsp3) is 0.0357. The van der Waals surface area contributed by atoms with Crippen molar-refractivity contribution in [2.45, 2.75) is 5.66 Å². The molecule has 4 aromatic rings. The van der Waals surface area contributed by atoms with Crippen LogP contribution in [0.15, 0.2) is 109 Å². The van der Waals surface area contributed by atoms with Gasteiger partial charge in [0, 0.05) is 5.66 Å². The van der Waals surface area contributed by atoms with Gasteiger partial charge < -0.3 is 0 Å². The molecule has 142 valence electrons. The van der Waals surface area contributed by atoms with E-state index in [1.54, 1.807) is 0 Å². The quantitative estimate of drug-likeness (QED) is 0.370. The molecule has 4 aromatic carbocycles. The van der Waals surface area contributed by atoms with Crippen LogP contribution in [-0.4, -0.2) is 0 Å². The average molecular weight is 401 g/mol. The second-order valence-electron chi connectivity index (χ2n) is 7.33. The van der Waals surface area contributed by atoms with Crippen LogP contribution in [0.1, 0.15) is 27.9 Å². The molecule has 0 saturated carbocycles. The summed E-state index contributed by atoms with van der Waals surface area (Å²) in [5.41, 5.74) is 5.59. The van der Waals surface area contributed by atoms with Crippen LogP contribution in [0.25, 0.3) is 11.6 Å². The van der Waals surface area contributed by atoms with E-state index in [1.807, 2.05) is 6.07 Å². The summed E-state index contributed by atoms with van der Waals surface area (Å²) < 4.78 is 0. The molecule has 0 bridgehead atoms. The summed E-state index contributed by atoms with van der Waals surface area (Å²) in [7, 11) is -0.726. The molecule has 1 nitrogen and oxygen atoms in total. The predicted octanol–water partition coefficient (Wildman–Crippen LogP) is 6.29. The zero-order valence-electron chi connectivity index (χ0n) is 16.4. The third-order valence-corrected chi connectivity index (χ3v) is 8.37. The first-order chi connectivity index (χ1) is 14.9. The Kier molecular flexibility index (Phi) is 5.02.